The number of phenolic OH excluding ortho intramolecular Hbond substituents is 1. The molecule has 0 bridgehead atoms. The van der Waals surface area contributed by atoms with Crippen LogP contribution in [0.2, 0.25) is 0 Å². The van der Waals surface area contributed by atoms with E-state index in [0.29, 0.717) is 17.8 Å². The highest BCUT2D eigenvalue weighted by Gasteiger charge is 2.25. The van der Waals surface area contributed by atoms with Gasteiger partial charge in [-0.05, 0) is 74.8 Å². The van der Waals surface area contributed by atoms with Crippen LogP contribution in [0.1, 0.15) is 42.1 Å². The van der Waals surface area contributed by atoms with Gasteiger partial charge in [0.05, 0.1) is 25.0 Å². The van der Waals surface area contributed by atoms with Gasteiger partial charge in [-0.15, -0.1) is 0 Å². The molecule has 0 saturated carbocycles. The summed E-state index contributed by atoms with van der Waals surface area (Å²) in [5, 5.41) is 11.5. The van der Waals surface area contributed by atoms with Crippen LogP contribution < -0.4 is 4.74 Å². The lowest BCUT2D eigenvalue weighted by Crippen LogP contribution is -2.29. The number of aromatic nitrogens is 1. The van der Waals surface area contributed by atoms with Crippen LogP contribution in [0.25, 0.3) is 22.2 Å². The summed E-state index contributed by atoms with van der Waals surface area (Å²) in [5.41, 5.74) is 3.61. The molecule has 2 aromatic carbocycles. The van der Waals surface area contributed by atoms with Gasteiger partial charge in [-0.1, -0.05) is 6.42 Å². The van der Waals surface area contributed by atoms with E-state index in [1.807, 2.05) is 30.3 Å². The Morgan fingerprint density at radius 1 is 1.10 bits per heavy atom. The van der Waals surface area contributed by atoms with Crippen molar-refractivity contribution in [1.29, 1.82) is 0 Å². The van der Waals surface area contributed by atoms with E-state index in [0.717, 1.165) is 53.7 Å². The second-order valence-corrected chi connectivity index (χ2v) is 7.65. The third kappa shape index (κ3) is 3.87. The molecular formula is C24H28N2O4. The standard InChI is InChI=1S/C24H28N2O4/c1-3-30-24(28)22-21-18(15-26-13-5-4-6-14-26)20(27)12-11-19(21)25-23(22)16-7-9-17(29-2)10-8-16/h7-12,25,27H,3-6,13-15H2,1-2H3. The number of rotatable bonds is 6. The van der Waals surface area contributed by atoms with Crippen LogP contribution in [0, 0.1) is 0 Å². The zero-order valence-corrected chi connectivity index (χ0v) is 17.5. The number of carbonyl (C=O) groups is 1. The summed E-state index contributed by atoms with van der Waals surface area (Å²) in [6, 6.07) is 11.1. The van der Waals surface area contributed by atoms with Gasteiger partial charge in [0.15, 0.2) is 0 Å². The van der Waals surface area contributed by atoms with Crippen molar-refractivity contribution in [1.82, 2.24) is 9.88 Å². The van der Waals surface area contributed by atoms with E-state index < -0.39 is 0 Å². The smallest absolute Gasteiger partial charge is 0.340 e. The molecule has 1 fully saturated rings. The average Bonchev–Trinajstić information content (AvgIpc) is 3.17. The molecule has 1 aliphatic heterocycles. The number of carbonyl (C=O) groups excluding carboxylic acids is 1. The van der Waals surface area contributed by atoms with Crippen LogP contribution in [0.4, 0.5) is 0 Å². The van der Waals surface area contributed by atoms with Crippen molar-refractivity contribution >= 4 is 16.9 Å². The normalized spacial score (nSPS) is 14.7. The maximum atomic E-state index is 13.0. The molecule has 0 amide bonds. The highest BCUT2D eigenvalue weighted by atomic mass is 16.5. The summed E-state index contributed by atoms with van der Waals surface area (Å²) in [7, 11) is 1.62. The summed E-state index contributed by atoms with van der Waals surface area (Å²) < 4.78 is 10.7. The van der Waals surface area contributed by atoms with Gasteiger partial charge >= 0.3 is 5.97 Å². The largest absolute Gasteiger partial charge is 0.508 e. The fraction of sp³-hybridized carbons (Fsp3) is 0.375. The predicted octanol–water partition coefficient (Wildman–Crippen LogP) is 4.71. The van der Waals surface area contributed by atoms with Crippen LogP contribution in [0.5, 0.6) is 11.5 Å². The van der Waals surface area contributed by atoms with E-state index in [4.69, 9.17) is 9.47 Å². The first kappa shape index (κ1) is 20.3. The number of ether oxygens (including phenoxy) is 2. The molecule has 0 aliphatic carbocycles. The number of aromatic hydroxyl groups is 1. The van der Waals surface area contributed by atoms with Crippen LogP contribution in [-0.2, 0) is 11.3 Å². The number of nitrogens with one attached hydrogen (secondary N) is 1. The van der Waals surface area contributed by atoms with Crippen molar-refractivity contribution in [3.8, 4) is 22.8 Å². The van der Waals surface area contributed by atoms with E-state index in [1.54, 1.807) is 20.1 Å². The van der Waals surface area contributed by atoms with E-state index >= 15 is 0 Å². The summed E-state index contributed by atoms with van der Waals surface area (Å²) in [4.78, 5) is 18.8. The second kappa shape index (κ2) is 8.79. The van der Waals surface area contributed by atoms with Gasteiger partial charge in [-0.2, -0.15) is 0 Å². The topological polar surface area (TPSA) is 74.8 Å². The summed E-state index contributed by atoms with van der Waals surface area (Å²) in [6.45, 7) is 4.69. The Labute approximate surface area is 176 Å². The molecule has 6 heteroatoms. The number of hydrogen-bond acceptors (Lipinski definition) is 5. The fourth-order valence-electron chi connectivity index (χ4n) is 4.23. The minimum atomic E-state index is -0.389. The van der Waals surface area contributed by atoms with E-state index in [9.17, 15) is 9.90 Å². The van der Waals surface area contributed by atoms with Gasteiger partial charge in [0.1, 0.15) is 11.5 Å². The molecule has 30 heavy (non-hydrogen) atoms. The number of methoxy groups -OCH3 is 1. The Balaban J connectivity index is 1.88. The second-order valence-electron chi connectivity index (χ2n) is 7.65. The molecule has 0 radical (unpaired) electrons. The minimum Gasteiger partial charge on any atom is -0.508 e. The lowest BCUT2D eigenvalue weighted by atomic mass is 9.99. The Morgan fingerprint density at radius 2 is 1.83 bits per heavy atom. The van der Waals surface area contributed by atoms with Gasteiger partial charge in [-0.25, -0.2) is 4.79 Å². The molecule has 158 valence electrons. The molecule has 2 N–H and O–H groups in total. The fourth-order valence-corrected chi connectivity index (χ4v) is 4.23. The Hall–Kier alpha value is -2.99. The quantitative estimate of drug-likeness (QED) is 0.578. The Kier molecular flexibility index (Phi) is 5.95. The Bertz CT molecular complexity index is 1030. The van der Waals surface area contributed by atoms with Crippen LogP contribution in [0.15, 0.2) is 36.4 Å². The first-order valence-corrected chi connectivity index (χ1v) is 10.5. The number of phenols is 1. The highest BCUT2D eigenvalue weighted by molar-refractivity contribution is 6.11. The van der Waals surface area contributed by atoms with Gasteiger partial charge in [0.25, 0.3) is 0 Å². The van der Waals surface area contributed by atoms with Gasteiger partial charge in [-0.3, -0.25) is 4.90 Å². The third-order valence-corrected chi connectivity index (χ3v) is 5.74. The van der Waals surface area contributed by atoms with Crippen LogP contribution in [0.3, 0.4) is 0 Å². The summed E-state index contributed by atoms with van der Waals surface area (Å²) in [5.74, 6) is 0.565. The van der Waals surface area contributed by atoms with E-state index in [1.165, 1.54) is 6.42 Å². The van der Waals surface area contributed by atoms with Crippen molar-refractivity contribution in [3.63, 3.8) is 0 Å². The molecule has 0 unspecified atom stereocenters. The zero-order valence-electron chi connectivity index (χ0n) is 17.5. The number of aromatic amines is 1. The first-order valence-electron chi connectivity index (χ1n) is 10.5. The average molecular weight is 408 g/mol. The lowest BCUT2D eigenvalue weighted by molar-refractivity contribution is 0.0529. The highest BCUT2D eigenvalue weighted by Crippen LogP contribution is 2.38. The van der Waals surface area contributed by atoms with Gasteiger partial charge in [0.2, 0.25) is 0 Å². The van der Waals surface area contributed by atoms with Gasteiger partial charge < -0.3 is 19.6 Å². The molecule has 1 aliphatic rings. The van der Waals surface area contributed by atoms with Crippen LogP contribution in [-0.4, -0.2) is 47.8 Å². The number of nitrogens with zero attached hydrogens (tertiary/aromatic N) is 1. The maximum Gasteiger partial charge on any atom is 0.340 e. The number of piperidine rings is 1. The molecule has 0 atom stereocenters. The van der Waals surface area contributed by atoms with Crippen molar-refractivity contribution < 1.29 is 19.4 Å². The Morgan fingerprint density at radius 3 is 2.50 bits per heavy atom. The van der Waals surface area contributed by atoms with Crippen molar-refractivity contribution in [2.45, 2.75) is 32.7 Å². The van der Waals surface area contributed by atoms with Crippen LogP contribution >= 0.6 is 0 Å². The lowest BCUT2D eigenvalue weighted by Gasteiger charge is -2.27. The molecule has 6 nitrogen and oxygen atoms in total. The number of likely N-dealkylation sites (tertiary alicyclic amines) is 1. The predicted molar refractivity (Wildman–Crippen MR) is 117 cm³/mol. The molecule has 1 saturated heterocycles. The van der Waals surface area contributed by atoms with Crippen molar-refractivity contribution in [2.75, 3.05) is 26.8 Å². The molecule has 2 heterocycles. The zero-order chi connectivity index (χ0) is 21.1. The minimum absolute atomic E-state index is 0.207. The number of esters is 1. The molecular weight excluding hydrogens is 380 g/mol. The molecule has 3 aromatic rings. The van der Waals surface area contributed by atoms with Gasteiger partial charge in [0, 0.05) is 23.0 Å². The van der Waals surface area contributed by atoms with Crippen molar-refractivity contribution in [2.24, 2.45) is 0 Å². The number of H-pyrrole nitrogens is 1. The number of fused-ring (bicyclic) bond motifs is 1. The summed E-state index contributed by atoms with van der Waals surface area (Å²) in [6.07, 6.45) is 3.56. The maximum absolute atomic E-state index is 13.0. The summed E-state index contributed by atoms with van der Waals surface area (Å²) >= 11 is 0. The number of benzene rings is 2. The van der Waals surface area contributed by atoms with E-state index in [-0.39, 0.29) is 18.3 Å². The van der Waals surface area contributed by atoms with E-state index in [2.05, 4.69) is 9.88 Å². The monoisotopic (exact) mass is 408 g/mol. The third-order valence-electron chi connectivity index (χ3n) is 5.74. The molecule has 1 aromatic heterocycles. The number of hydrogen-bond donors (Lipinski definition) is 2. The first-order chi connectivity index (χ1) is 14.6. The van der Waals surface area contributed by atoms with Crippen molar-refractivity contribution in [3.05, 3.63) is 47.5 Å². The molecule has 4 rings (SSSR count). The SMILES string of the molecule is CCOC(=O)c1c(-c2ccc(OC)cc2)[nH]c2ccc(O)c(CN3CCCCC3)c12. The molecule has 0 spiro atoms.